The first-order chi connectivity index (χ1) is 11.0. The van der Waals surface area contributed by atoms with E-state index in [2.05, 4.69) is 0 Å². The van der Waals surface area contributed by atoms with Gasteiger partial charge in [-0.25, -0.2) is 0 Å². The van der Waals surface area contributed by atoms with Crippen LogP contribution in [0.5, 0.6) is 11.5 Å². The highest BCUT2D eigenvalue weighted by atomic mass is 32.2. The molecule has 0 spiro atoms. The average Bonchev–Trinajstić information content (AvgIpc) is 2.55. The van der Waals surface area contributed by atoms with Gasteiger partial charge < -0.3 is 9.47 Å². The molecule has 0 aliphatic heterocycles. The predicted octanol–water partition coefficient (Wildman–Crippen LogP) is 2.32. The fourth-order valence-corrected chi connectivity index (χ4v) is 2.82. The van der Waals surface area contributed by atoms with Gasteiger partial charge in [0.1, 0.15) is 22.1 Å². The third-order valence-corrected chi connectivity index (χ3v) is 4.18. The van der Waals surface area contributed by atoms with E-state index in [9.17, 15) is 19.1 Å². The topological polar surface area (TPSA) is 95.7 Å². The lowest BCUT2D eigenvalue weighted by Crippen LogP contribution is -2.17. The number of carbonyl (C=O) groups is 1. The summed E-state index contributed by atoms with van der Waals surface area (Å²) < 4.78 is 22.2. The number of methoxy groups -OCH3 is 1. The van der Waals surface area contributed by atoms with E-state index in [1.807, 2.05) is 0 Å². The highest BCUT2D eigenvalue weighted by molar-refractivity contribution is 7.85. The summed E-state index contributed by atoms with van der Waals surface area (Å²) in [7, 11) is -0.355. The first-order valence-electron chi connectivity index (χ1n) is 6.48. The summed E-state index contributed by atoms with van der Waals surface area (Å²) in [6.07, 6.45) is 0. The first-order valence-corrected chi connectivity index (χ1v) is 7.79. The lowest BCUT2D eigenvalue weighted by molar-refractivity contribution is -0.387. The number of nitro benzene ring substituents is 1. The third kappa shape index (κ3) is 4.36. The molecule has 0 amide bonds. The van der Waals surface area contributed by atoms with E-state index in [1.165, 1.54) is 43.5 Å². The Balaban J connectivity index is 2.05. The van der Waals surface area contributed by atoms with Crippen LogP contribution in [0.4, 0.5) is 5.69 Å². The molecule has 0 bridgehead atoms. The molecule has 2 rings (SSSR count). The van der Waals surface area contributed by atoms with Crippen molar-refractivity contribution in [2.75, 3.05) is 12.9 Å². The molecule has 2 aromatic carbocycles. The Bertz CT molecular complexity index is 744. The molecule has 23 heavy (non-hydrogen) atoms. The minimum atomic E-state index is -1.87. The molecule has 2 aromatic rings. The van der Waals surface area contributed by atoms with Crippen molar-refractivity contribution in [3.05, 3.63) is 58.6 Å². The molecule has 0 radical (unpaired) electrons. The monoisotopic (exact) mass is 335 g/mol. The molecule has 0 aliphatic carbocycles. The van der Waals surface area contributed by atoms with Crippen molar-refractivity contribution in [3.8, 4) is 11.5 Å². The minimum Gasteiger partial charge on any atom is -0.497 e. The maximum Gasteiger partial charge on any atom is 0.324 e. The lowest BCUT2D eigenvalue weighted by Gasteiger charge is -2.06. The molecular weight excluding hydrogens is 322 g/mol. The summed E-state index contributed by atoms with van der Waals surface area (Å²) in [5, 5.41) is 10.9. The van der Waals surface area contributed by atoms with Crippen LogP contribution in [0.25, 0.3) is 0 Å². The number of esters is 1. The van der Waals surface area contributed by atoms with Gasteiger partial charge in [0.15, 0.2) is 0 Å². The molecule has 8 heteroatoms. The van der Waals surface area contributed by atoms with Gasteiger partial charge in [0.25, 0.3) is 5.69 Å². The average molecular weight is 335 g/mol. The Kier molecular flexibility index (Phi) is 5.42. The molecule has 0 saturated carbocycles. The Hall–Kier alpha value is -2.74. The lowest BCUT2D eigenvalue weighted by atomic mass is 10.3. The second kappa shape index (κ2) is 7.50. The zero-order valence-electron chi connectivity index (χ0n) is 12.1. The van der Waals surface area contributed by atoms with E-state index in [0.29, 0.717) is 5.75 Å². The summed E-state index contributed by atoms with van der Waals surface area (Å²) in [5.41, 5.74) is -0.289. The van der Waals surface area contributed by atoms with Crippen LogP contribution < -0.4 is 9.47 Å². The number of hydrogen-bond acceptors (Lipinski definition) is 6. The highest BCUT2D eigenvalue weighted by Crippen LogP contribution is 2.22. The molecule has 0 aliphatic rings. The summed E-state index contributed by atoms with van der Waals surface area (Å²) in [5.74, 6) is -0.341. The number of rotatable bonds is 6. The highest BCUT2D eigenvalue weighted by Gasteiger charge is 2.21. The number of ether oxygens (including phenoxy) is 2. The van der Waals surface area contributed by atoms with Crippen LogP contribution in [-0.4, -0.2) is 28.0 Å². The van der Waals surface area contributed by atoms with Crippen LogP contribution in [0, 0.1) is 10.1 Å². The number of para-hydroxylation sites is 1. The van der Waals surface area contributed by atoms with Gasteiger partial charge in [-0.05, 0) is 30.3 Å². The Morgan fingerprint density at radius 3 is 2.35 bits per heavy atom. The molecule has 120 valence electrons. The number of nitro groups is 1. The van der Waals surface area contributed by atoms with E-state index in [0.717, 1.165) is 0 Å². The maximum absolute atomic E-state index is 12.2. The minimum absolute atomic E-state index is 0.0100. The smallest absolute Gasteiger partial charge is 0.324 e. The van der Waals surface area contributed by atoms with Gasteiger partial charge in [-0.1, -0.05) is 12.1 Å². The van der Waals surface area contributed by atoms with Crippen LogP contribution in [0.2, 0.25) is 0 Å². The largest absolute Gasteiger partial charge is 0.497 e. The van der Waals surface area contributed by atoms with Crippen molar-refractivity contribution in [3.63, 3.8) is 0 Å². The summed E-state index contributed by atoms with van der Waals surface area (Å²) in [6, 6.07) is 11.9. The molecular formula is C15H13NO6S. The summed E-state index contributed by atoms with van der Waals surface area (Å²) in [6.45, 7) is 0. The Morgan fingerprint density at radius 1 is 1.13 bits per heavy atom. The predicted molar refractivity (Wildman–Crippen MR) is 83.0 cm³/mol. The van der Waals surface area contributed by atoms with E-state index < -0.39 is 27.4 Å². The van der Waals surface area contributed by atoms with Crippen molar-refractivity contribution < 1.29 is 23.4 Å². The van der Waals surface area contributed by atoms with E-state index in [-0.39, 0.29) is 16.3 Å². The number of nitrogens with zero attached hydrogens (tertiary/aromatic N) is 1. The number of benzene rings is 2. The molecule has 0 N–H and O–H groups in total. The number of hydrogen-bond donors (Lipinski definition) is 0. The summed E-state index contributed by atoms with van der Waals surface area (Å²) in [4.78, 5) is 22.1. The van der Waals surface area contributed by atoms with Crippen LogP contribution in [-0.2, 0) is 15.6 Å². The third-order valence-electron chi connectivity index (χ3n) is 2.85. The SMILES string of the molecule is COc1ccc(OC(=O)CS(=O)c2ccccc2[N+](=O)[O-])cc1. The van der Waals surface area contributed by atoms with Crippen LogP contribution >= 0.6 is 0 Å². The van der Waals surface area contributed by atoms with Gasteiger partial charge in [0, 0.05) is 6.07 Å². The fourth-order valence-electron chi connectivity index (χ4n) is 1.79. The van der Waals surface area contributed by atoms with Gasteiger partial charge in [0.2, 0.25) is 0 Å². The molecule has 0 saturated heterocycles. The van der Waals surface area contributed by atoms with Crippen molar-refractivity contribution in [1.82, 2.24) is 0 Å². The van der Waals surface area contributed by atoms with Crippen molar-refractivity contribution in [2.24, 2.45) is 0 Å². The molecule has 0 aromatic heterocycles. The zero-order valence-corrected chi connectivity index (χ0v) is 12.9. The molecule has 1 atom stereocenters. The molecule has 1 unspecified atom stereocenters. The van der Waals surface area contributed by atoms with Gasteiger partial charge >= 0.3 is 5.97 Å². The molecule has 7 nitrogen and oxygen atoms in total. The van der Waals surface area contributed by atoms with Gasteiger partial charge in [-0.2, -0.15) is 0 Å². The fraction of sp³-hybridized carbons (Fsp3) is 0.133. The van der Waals surface area contributed by atoms with Crippen LogP contribution in [0.3, 0.4) is 0 Å². The quantitative estimate of drug-likeness (QED) is 0.348. The van der Waals surface area contributed by atoms with E-state index in [4.69, 9.17) is 9.47 Å². The maximum atomic E-state index is 12.2. The Labute approximate surface area is 134 Å². The second-order valence-electron chi connectivity index (χ2n) is 4.36. The molecule has 0 fully saturated rings. The second-order valence-corrected chi connectivity index (χ2v) is 5.78. The molecule has 0 heterocycles. The van der Waals surface area contributed by atoms with E-state index in [1.54, 1.807) is 12.1 Å². The van der Waals surface area contributed by atoms with Crippen LogP contribution in [0.15, 0.2) is 53.4 Å². The van der Waals surface area contributed by atoms with Gasteiger partial charge in [-0.15, -0.1) is 0 Å². The van der Waals surface area contributed by atoms with Crippen molar-refractivity contribution >= 4 is 22.5 Å². The van der Waals surface area contributed by atoms with Gasteiger partial charge in [-0.3, -0.25) is 19.1 Å². The number of carbonyl (C=O) groups excluding carboxylic acids is 1. The Morgan fingerprint density at radius 2 is 1.74 bits per heavy atom. The van der Waals surface area contributed by atoms with Crippen LogP contribution in [0.1, 0.15) is 0 Å². The van der Waals surface area contributed by atoms with Crippen molar-refractivity contribution in [1.29, 1.82) is 0 Å². The standard InChI is InChI=1S/C15H13NO6S/c1-21-11-6-8-12(9-7-11)22-15(17)10-23(20)14-5-3-2-4-13(14)16(18)19/h2-9H,10H2,1H3. The van der Waals surface area contributed by atoms with E-state index >= 15 is 0 Å². The summed E-state index contributed by atoms with van der Waals surface area (Å²) >= 11 is 0. The normalized spacial score (nSPS) is 11.5. The van der Waals surface area contributed by atoms with Gasteiger partial charge in [0.05, 0.1) is 22.8 Å². The zero-order chi connectivity index (χ0) is 16.8. The first kappa shape index (κ1) is 16.6. The van der Waals surface area contributed by atoms with Crippen molar-refractivity contribution in [2.45, 2.75) is 4.90 Å².